The maximum Gasteiger partial charge on any atom is 0.142 e. The maximum atomic E-state index is 10.8. The molecule has 0 aromatic rings. The summed E-state index contributed by atoms with van der Waals surface area (Å²) in [5, 5.41) is 0. The monoisotopic (exact) mass is 152 g/mol. The number of aldehydes is 1. The Bertz CT molecular complexity index is 182. The predicted octanol–water partition coefficient (Wildman–Crippen LogP) is 1.50. The van der Waals surface area contributed by atoms with Crippen molar-refractivity contribution in [3.8, 4) is 0 Å². The highest BCUT2D eigenvalue weighted by atomic mass is 16.1. The highest BCUT2D eigenvalue weighted by Crippen LogP contribution is 2.24. The van der Waals surface area contributed by atoms with Gasteiger partial charge in [-0.25, -0.2) is 0 Å². The van der Waals surface area contributed by atoms with Gasteiger partial charge in [-0.15, -0.1) is 0 Å². The van der Waals surface area contributed by atoms with Crippen LogP contribution in [0.1, 0.15) is 25.7 Å². The average molecular weight is 152 g/mol. The Hall–Kier alpha value is -0.920. The summed E-state index contributed by atoms with van der Waals surface area (Å²) in [7, 11) is 0. The second-order valence-electron chi connectivity index (χ2n) is 2.95. The van der Waals surface area contributed by atoms with Crippen LogP contribution in [0.5, 0.6) is 0 Å². The van der Waals surface area contributed by atoms with Gasteiger partial charge in [-0.3, -0.25) is 9.59 Å². The molecule has 0 aromatic carbocycles. The molecule has 0 aliphatic heterocycles. The second-order valence-corrected chi connectivity index (χ2v) is 2.95. The second kappa shape index (κ2) is 4.06. The topological polar surface area (TPSA) is 34.1 Å². The predicted molar refractivity (Wildman–Crippen MR) is 42.2 cm³/mol. The number of Topliss-reactive ketones (excluding diaryl/α,β-unsaturated/α-hetero) is 1. The quantitative estimate of drug-likeness (QED) is 0.453. The lowest BCUT2D eigenvalue weighted by atomic mass is 10.0. The van der Waals surface area contributed by atoms with Gasteiger partial charge < -0.3 is 0 Å². The van der Waals surface area contributed by atoms with Crippen LogP contribution in [0.25, 0.3) is 0 Å². The van der Waals surface area contributed by atoms with Crippen LogP contribution < -0.4 is 0 Å². The zero-order valence-corrected chi connectivity index (χ0v) is 6.45. The van der Waals surface area contributed by atoms with E-state index in [2.05, 4.69) is 0 Å². The fourth-order valence-corrected chi connectivity index (χ4v) is 1.42. The Labute approximate surface area is 66.3 Å². The molecule has 0 radical (unpaired) electrons. The van der Waals surface area contributed by atoms with Gasteiger partial charge in [-0.1, -0.05) is 6.08 Å². The van der Waals surface area contributed by atoms with Crippen molar-refractivity contribution in [3.05, 3.63) is 12.2 Å². The summed E-state index contributed by atoms with van der Waals surface area (Å²) >= 11 is 0. The van der Waals surface area contributed by atoms with Crippen molar-refractivity contribution in [2.75, 3.05) is 0 Å². The minimum absolute atomic E-state index is 0.370. The zero-order valence-electron chi connectivity index (χ0n) is 6.45. The van der Waals surface area contributed by atoms with Gasteiger partial charge in [0.25, 0.3) is 0 Å². The lowest BCUT2D eigenvalue weighted by Crippen LogP contribution is -1.92. The van der Waals surface area contributed by atoms with Gasteiger partial charge in [-0.2, -0.15) is 0 Å². The van der Waals surface area contributed by atoms with E-state index < -0.39 is 0 Å². The van der Waals surface area contributed by atoms with Gasteiger partial charge in [0.05, 0.1) is 0 Å². The number of carbonyl (C=O) groups is 2. The molecule has 1 aliphatic carbocycles. The largest absolute Gasteiger partial charge is 0.300 e. The number of rotatable bonds is 3. The van der Waals surface area contributed by atoms with E-state index in [0.717, 1.165) is 25.5 Å². The van der Waals surface area contributed by atoms with E-state index >= 15 is 0 Å². The summed E-state index contributed by atoms with van der Waals surface area (Å²) < 4.78 is 0. The zero-order chi connectivity index (χ0) is 8.10. The van der Waals surface area contributed by atoms with Crippen LogP contribution >= 0.6 is 0 Å². The van der Waals surface area contributed by atoms with Crippen LogP contribution in [0, 0.1) is 5.92 Å². The molecule has 0 bridgehead atoms. The SMILES string of the molecule is O=C/C=C/CC1CCC(=O)C1. The smallest absolute Gasteiger partial charge is 0.142 e. The van der Waals surface area contributed by atoms with Gasteiger partial charge in [0.1, 0.15) is 12.1 Å². The molecule has 2 heteroatoms. The van der Waals surface area contributed by atoms with Gasteiger partial charge in [0, 0.05) is 12.8 Å². The normalized spacial score (nSPS) is 24.7. The molecule has 0 saturated heterocycles. The third-order valence-corrected chi connectivity index (χ3v) is 2.03. The van der Waals surface area contributed by atoms with E-state index in [4.69, 9.17) is 0 Å². The molecule has 0 N–H and O–H groups in total. The lowest BCUT2D eigenvalue weighted by Gasteiger charge is -2.00. The molecule has 1 atom stereocenters. The summed E-state index contributed by atoms with van der Waals surface area (Å²) in [5.74, 6) is 0.869. The Morgan fingerprint density at radius 1 is 1.55 bits per heavy atom. The Morgan fingerprint density at radius 2 is 2.36 bits per heavy atom. The van der Waals surface area contributed by atoms with Crippen LogP contribution in [-0.2, 0) is 9.59 Å². The molecule has 1 fully saturated rings. The molecule has 1 rings (SSSR count). The molecule has 1 saturated carbocycles. The Morgan fingerprint density at radius 3 is 2.91 bits per heavy atom. The number of carbonyl (C=O) groups excluding carboxylic acids is 2. The van der Waals surface area contributed by atoms with Crippen molar-refractivity contribution in [3.63, 3.8) is 0 Å². The Kier molecular flexibility index (Phi) is 3.02. The average Bonchev–Trinajstić information content (AvgIpc) is 2.37. The molecule has 11 heavy (non-hydrogen) atoms. The molecule has 1 aliphatic rings. The van der Waals surface area contributed by atoms with Crippen LogP contribution in [0.4, 0.5) is 0 Å². The highest BCUT2D eigenvalue weighted by Gasteiger charge is 2.20. The van der Waals surface area contributed by atoms with E-state index in [-0.39, 0.29) is 0 Å². The molecular formula is C9H12O2. The van der Waals surface area contributed by atoms with Gasteiger partial charge in [-0.05, 0) is 24.8 Å². The Balaban J connectivity index is 2.23. The molecule has 1 unspecified atom stereocenters. The molecule has 2 nitrogen and oxygen atoms in total. The maximum absolute atomic E-state index is 10.8. The van der Waals surface area contributed by atoms with Crippen LogP contribution in [0.15, 0.2) is 12.2 Å². The van der Waals surface area contributed by atoms with Crippen molar-refractivity contribution in [1.29, 1.82) is 0 Å². The molecule has 60 valence electrons. The van der Waals surface area contributed by atoms with E-state index in [0.29, 0.717) is 18.1 Å². The fourth-order valence-electron chi connectivity index (χ4n) is 1.42. The van der Waals surface area contributed by atoms with Gasteiger partial charge >= 0.3 is 0 Å². The van der Waals surface area contributed by atoms with Crippen LogP contribution in [0.2, 0.25) is 0 Å². The summed E-state index contributed by atoms with van der Waals surface area (Å²) in [5.41, 5.74) is 0. The first kappa shape index (κ1) is 8.18. The minimum atomic E-state index is 0.370. The van der Waals surface area contributed by atoms with E-state index in [1.165, 1.54) is 6.08 Å². The first-order chi connectivity index (χ1) is 5.33. The van der Waals surface area contributed by atoms with Crippen LogP contribution in [0.3, 0.4) is 0 Å². The summed E-state index contributed by atoms with van der Waals surface area (Å²) in [4.78, 5) is 20.7. The van der Waals surface area contributed by atoms with Gasteiger partial charge in [0.2, 0.25) is 0 Å². The van der Waals surface area contributed by atoms with E-state index in [1.807, 2.05) is 6.08 Å². The summed E-state index contributed by atoms with van der Waals surface area (Å²) in [6.45, 7) is 0. The number of hydrogen-bond acceptors (Lipinski definition) is 2. The molecule has 0 spiro atoms. The summed E-state index contributed by atoms with van der Waals surface area (Å²) in [6.07, 6.45) is 7.45. The standard InChI is InChI=1S/C9H12O2/c10-6-2-1-3-8-4-5-9(11)7-8/h1-2,6,8H,3-5,7H2/b2-1+. The third-order valence-electron chi connectivity index (χ3n) is 2.03. The molecule has 0 aromatic heterocycles. The molecular weight excluding hydrogens is 140 g/mol. The lowest BCUT2D eigenvalue weighted by molar-refractivity contribution is -0.117. The summed E-state index contributed by atoms with van der Waals surface area (Å²) in [6, 6.07) is 0. The van der Waals surface area contributed by atoms with Gasteiger partial charge in [0.15, 0.2) is 0 Å². The number of hydrogen-bond donors (Lipinski definition) is 0. The molecule has 0 amide bonds. The van der Waals surface area contributed by atoms with Crippen LogP contribution in [-0.4, -0.2) is 12.1 Å². The minimum Gasteiger partial charge on any atom is -0.300 e. The van der Waals surface area contributed by atoms with Crippen molar-refractivity contribution in [2.45, 2.75) is 25.7 Å². The third kappa shape index (κ3) is 2.66. The van der Waals surface area contributed by atoms with E-state index in [9.17, 15) is 9.59 Å². The highest BCUT2D eigenvalue weighted by molar-refractivity contribution is 5.80. The van der Waals surface area contributed by atoms with Crippen molar-refractivity contribution in [2.24, 2.45) is 5.92 Å². The number of ketones is 1. The van der Waals surface area contributed by atoms with Crippen molar-refractivity contribution in [1.82, 2.24) is 0 Å². The first-order valence-electron chi connectivity index (χ1n) is 3.95. The fraction of sp³-hybridized carbons (Fsp3) is 0.556. The van der Waals surface area contributed by atoms with Crippen molar-refractivity contribution < 1.29 is 9.59 Å². The first-order valence-corrected chi connectivity index (χ1v) is 3.95. The molecule has 0 heterocycles. The van der Waals surface area contributed by atoms with Crippen molar-refractivity contribution >= 4 is 12.1 Å². The number of allylic oxidation sites excluding steroid dienone is 2. The van der Waals surface area contributed by atoms with E-state index in [1.54, 1.807) is 0 Å².